The first-order chi connectivity index (χ1) is 15.0. The van der Waals surface area contributed by atoms with Crippen molar-refractivity contribution in [2.24, 2.45) is 5.73 Å². The second-order valence-electron chi connectivity index (χ2n) is 7.60. The van der Waals surface area contributed by atoms with Gasteiger partial charge >= 0.3 is 6.03 Å². The van der Waals surface area contributed by atoms with Crippen molar-refractivity contribution >= 4 is 33.4 Å². The lowest BCUT2D eigenvalue weighted by Crippen LogP contribution is -2.41. The van der Waals surface area contributed by atoms with Crippen LogP contribution >= 0.6 is 15.9 Å². The number of fused-ring (bicyclic) bond motifs is 1. The number of primary amides is 1. The Kier molecular flexibility index (Phi) is 4.85. The van der Waals surface area contributed by atoms with Crippen LogP contribution in [0.4, 0.5) is 10.6 Å². The van der Waals surface area contributed by atoms with Crippen LogP contribution in [0.1, 0.15) is 24.5 Å². The fourth-order valence-electron chi connectivity index (χ4n) is 4.04. The number of piperidine rings is 1. The van der Waals surface area contributed by atoms with E-state index in [2.05, 4.69) is 26.1 Å². The first-order valence-electron chi connectivity index (χ1n) is 10.0. The molecule has 9 nitrogen and oxygen atoms in total. The summed E-state index contributed by atoms with van der Waals surface area (Å²) < 4.78 is 4.20. The summed E-state index contributed by atoms with van der Waals surface area (Å²) in [6, 6.07) is 9.53. The Balaban J connectivity index is 1.53. The van der Waals surface area contributed by atoms with Gasteiger partial charge in [-0.1, -0.05) is 18.2 Å². The lowest BCUT2D eigenvalue weighted by Gasteiger charge is -2.31. The highest BCUT2D eigenvalue weighted by atomic mass is 79.9. The third-order valence-corrected chi connectivity index (χ3v) is 6.57. The molecule has 3 aromatic heterocycles. The number of carbonyl (C=O) groups is 1. The van der Waals surface area contributed by atoms with Gasteiger partial charge in [-0.2, -0.15) is 14.7 Å². The first-order valence-corrected chi connectivity index (χ1v) is 10.8. The van der Waals surface area contributed by atoms with Gasteiger partial charge in [0.1, 0.15) is 5.82 Å². The lowest BCUT2D eigenvalue weighted by atomic mass is 9.93. The summed E-state index contributed by atoms with van der Waals surface area (Å²) in [5.41, 5.74) is 16.1. The maximum atomic E-state index is 11.4. The Bertz CT molecular complexity index is 1260. The number of halogens is 1. The minimum Gasteiger partial charge on any atom is -0.383 e. The number of aromatic nitrogens is 5. The van der Waals surface area contributed by atoms with Crippen LogP contribution < -0.4 is 11.5 Å². The third-order valence-electron chi connectivity index (χ3n) is 5.76. The predicted molar refractivity (Wildman–Crippen MR) is 121 cm³/mol. The molecule has 10 heteroatoms. The zero-order valence-corrected chi connectivity index (χ0v) is 18.2. The van der Waals surface area contributed by atoms with Crippen molar-refractivity contribution in [3.63, 3.8) is 0 Å². The highest BCUT2D eigenvalue weighted by Gasteiger charge is 2.27. The monoisotopic (exact) mass is 480 g/mol. The largest absolute Gasteiger partial charge is 0.383 e. The number of hydrogen-bond acceptors (Lipinski definition) is 5. The highest BCUT2D eigenvalue weighted by molar-refractivity contribution is 9.10. The van der Waals surface area contributed by atoms with Gasteiger partial charge in [-0.15, -0.1) is 0 Å². The molecule has 0 unspecified atom stereocenters. The molecule has 4 N–H and O–H groups in total. The van der Waals surface area contributed by atoms with Crippen LogP contribution in [0.5, 0.6) is 0 Å². The molecule has 158 valence electrons. The van der Waals surface area contributed by atoms with Crippen molar-refractivity contribution in [1.29, 1.82) is 0 Å². The molecule has 0 saturated carbocycles. The Morgan fingerprint density at radius 2 is 1.84 bits per heavy atom. The number of carbonyl (C=O) groups excluding carboxylic acids is 1. The molecule has 4 aromatic rings. The predicted octanol–water partition coefficient (Wildman–Crippen LogP) is 3.18. The molecular weight excluding hydrogens is 460 g/mol. The van der Waals surface area contributed by atoms with E-state index >= 15 is 0 Å². The minimum absolute atomic E-state index is 0.173. The quantitative estimate of drug-likeness (QED) is 0.466. The number of rotatable bonds is 3. The summed E-state index contributed by atoms with van der Waals surface area (Å²) >= 11 is 3.61. The summed E-state index contributed by atoms with van der Waals surface area (Å²) in [4.78, 5) is 18.1. The van der Waals surface area contributed by atoms with Crippen molar-refractivity contribution in [3.8, 4) is 16.8 Å². The van der Waals surface area contributed by atoms with Crippen molar-refractivity contribution in [1.82, 2.24) is 29.3 Å². The van der Waals surface area contributed by atoms with Gasteiger partial charge in [0, 0.05) is 36.3 Å². The summed E-state index contributed by atoms with van der Waals surface area (Å²) in [7, 11) is 0. The smallest absolute Gasteiger partial charge is 0.314 e. The third kappa shape index (κ3) is 3.42. The average molecular weight is 481 g/mol. The van der Waals surface area contributed by atoms with Gasteiger partial charge in [0.05, 0.1) is 28.2 Å². The second-order valence-corrected chi connectivity index (χ2v) is 8.39. The van der Waals surface area contributed by atoms with Crippen LogP contribution in [-0.2, 0) is 0 Å². The molecule has 4 heterocycles. The number of hydrogen-bond donors (Lipinski definition) is 2. The zero-order chi connectivity index (χ0) is 21.5. The fraction of sp³-hybridized carbons (Fsp3) is 0.238. The Hall–Kier alpha value is -3.40. The summed E-state index contributed by atoms with van der Waals surface area (Å²) in [5, 5.41) is 8.94. The van der Waals surface area contributed by atoms with E-state index in [1.54, 1.807) is 21.8 Å². The van der Waals surface area contributed by atoms with Gasteiger partial charge in [0.15, 0.2) is 5.65 Å². The normalized spacial score (nSPS) is 14.9. The summed E-state index contributed by atoms with van der Waals surface area (Å²) in [6.45, 7) is 1.21. The van der Waals surface area contributed by atoms with E-state index in [1.807, 2.05) is 41.2 Å². The molecule has 0 radical (unpaired) electrons. The van der Waals surface area contributed by atoms with E-state index in [0.717, 1.165) is 39.8 Å². The topological polar surface area (TPSA) is 120 Å². The van der Waals surface area contributed by atoms with E-state index in [4.69, 9.17) is 16.5 Å². The number of urea groups is 1. The van der Waals surface area contributed by atoms with E-state index in [1.165, 1.54) is 0 Å². The van der Waals surface area contributed by atoms with Crippen LogP contribution in [0.15, 0.2) is 53.4 Å². The SMILES string of the molecule is NC(=O)N1CCC(c2nc3c(-c4cnn(-c5ccccc5)c4)cnn3c(N)c2Br)CC1. The molecule has 1 aliphatic rings. The van der Waals surface area contributed by atoms with E-state index in [0.29, 0.717) is 24.6 Å². The van der Waals surface area contributed by atoms with Crippen molar-refractivity contribution in [2.75, 3.05) is 18.8 Å². The number of nitrogens with zero attached hydrogens (tertiary/aromatic N) is 6. The molecule has 0 spiro atoms. The fourth-order valence-corrected chi connectivity index (χ4v) is 4.62. The number of likely N-dealkylation sites (tertiary alicyclic amines) is 1. The van der Waals surface area contributed by atoms with Crippen LogP contribution in [0.3, 0.4) is 0 Å². The average Bonchev–Trinajstić information content (AvgIpc) is 3.44. The van der Waals surface area contributed by atoms with Gasteiger partial charge in [0.25, 0.3) is 0 Å². The van der Waals surface area contributed by atoms with Gasteiger partial charge < -0.3 is 16.4 Å². The number of para-hydroxylation sites is 1. The molecular formula is C21H21BrN8O. The van der Waals surface area contributed by atoms with Gasteiger partial charge in [-0.25, -0.2) is 14.5 Å². The van der Waals surface area contributed by atoms with Crippen molar-refractivity contribution in [3.05, 3.63) is 59.1 Å². The minimum atomic E-state index is -0.381. The molecule has 5 rings (SSSR count). The maximum Gasteiger partial charge on any atom is 0.314 e. The Morgan fingerprint density at radius 3 is 2.55 bits per heavy atom. The zero-order valence-electron chi connectivity index (χ0n) is 16.6. The van der Waals surface area contributed by atoms with Crippen LogP contribution in [0.2, 0.25) is 0 Å². The number of benzene rings is 1. The maximum absolute atomic E-state index is 11.4. The molecule has 1 aromatic carbocycles. The van der Waals surface area contributed by atoms with E-state index in [-0.39, 0.29) is 11.9 Å². The number of nitrogen functional groups attached to an aromatic ring is 1. The molecule has 0 aliphatic carbocycles. The van der Waals surface area contributed by atoms with Gasteiger partial charge in [-0.3, -0.25) is 0 Å². The number of amides is 2. The molecule has 0 bridgehead atoms. The van der Waals surface area contributed by atoms with Gasteiger partial charge in [-0.05, 0) is 40.9 Å². The molecule has 0 atom stereocenters. The first kappa shape index (κ1) is 19.6. The van der Waals surface area contributed by atoms with Crippen molar-refractivity contribution in [2.45, 2.75) is 18.8 Å². The molecule has 1 aliphatic heterocycles. The Morgan fingerprint density at radius 1 is 1.10 bits per heavy atom. The van der Waals surface area contributed by atoms with E-state index in [9.17, 15) is 4.79 Å². The molecule has 31 heavy (non-hydrogen) atoms. The Labute approximate surface area is 186 Å². The van der Waals surface area contributed by atoms with E-state index < -0.39 is 0 Å². The molecule has 2 amide bonds. The second kappa shape index (κ2) is 7.69. The van der Waals surface area contributed by atoms with Crippen LogP contribution in [0.25, 0.3) is 22.5 Å². The number of anilines is 1. The molecule has 1 fully saturated rings. The number of nitrogens with two attached hydrogens (primary N) is 2. The van der Waals surface area contributed by atoms with Gasteiger partial charge in [0.2, 0.25) is 0 Å². The van der Waals surface area contributed by atoms with Crippen molar-refractivity contribution < 1.29 is 4.79 Å². The standard InChI is InChI=1S/C21H21BrN8O/c22-17-18(13-6-8-28(9-7-13)21(24)31)27-20-16(11-26-30(20)19(17)23)14-10-25-29(12-14)15-4-2-1-3-5-15/h1-5,10-13H,6-9,23H2,(H2,24,31). The lowest BCUT2D eigenvalue weighted by molar-refractivity contribution is 0.190. The highest BCUT2D eigenvalue weighted by Crippen LogP contribution is 2.36. The molecule has 1 saturated heterocycles. The van der Waals surface area contributed by atoms with Crippen LogP contribution in [0, 0.1) is 0 Å². The summed E-state index contributed by atoms with van der Waals surface area (Å²) in [5.74, 6) is 0.672. The summed E-state index contributed by atoms with van der Waals surface area (Å²) in [6.07, 6.45) is 7.07. The van der Waals surface area contributed by atoms with Crippen LogP contribution in [-0.4, -0.2) is 48.4 Å².